The summed E-state index contributed by atoms with van der Waals surface area (Å²) in [6, 6.07) is -0.263. The summed E-state index contributed by atoms with van der Waals surface area (Å²) >= 11 is 0. The van der Waals surface area contributed by atoms with Crippen LogP contribution in [0.4, 0.5) is 5.95 Å². The molecule has 5 N–H and O–H groups in total. The highest BCUT2D eigenvalue weighted by atomic mass is 16.3. The fourth-order valence-electron chi connectivity index (χ4n) is 2.74. The minimum Gasteiger partial charge on any atom is -0.396 e. The zero-order valence-corrected chi connectivity index (χ0v) is 10.7. The minimum atomic E-state index is -0.672. The Kier molecular flexibility index (Phi) is 2.84. The first-order valence-electron chi connectivity index (χ1n) is 6.23. The number of hydrogen-bond acceptors (Lipinski definition) is 6. The SMILES string of the molecule is C=C1[C@@H](CO)[C@H](O)C[C@@H]1n1cnc2c(=O)[nH]c(N)nc21. The Balaban J connectivity index is 2.12. The molecule has 0 amide bonds. The Morgan fingerprint density at radius 1 is 1.60 bits per heavy atom. The Labute approximate surface area is 113 Å². The molecule has 2 aromatic rings. The third-order valence-electron chi connectivity index (χ3n) is 3.82. The van der Waals surface area contributed by atoms with Crippen molar-refractivity contribution in [2.45, 2.75) is 18.6 Å². The van der Waals surface area contributed by atoms with Crippen LogP contribution >= 0.6 is 0 Å². The van der Waals surface area contributed by atoms with E-state index in [0.29, 0.717) is 17.6 Å². The van der Waals surface area contributed by atoms with Gasteiger partial charge in [0.05, 0.1) is 25.1 Å². The van der Waals surface area contributed by atoms with Gasteiger partial charge in [-0.2, -0.15) is 4.98 Å². The molecule has 0 aromatic carbocycles. The van der Waals surface area contributed by atoms with Crippen LogP contribution in [0.5, 0.6) is 0 Å². The molecule has 1 aliphatic carbocycles. The van der Waals surface area contributed by atoms with E-state index in [2.05, 4.69) is 21.5 Å². The first-order valence-corrected chi connectivity index (χ1v) is 6.23. The maximum atomic E-state index is 11.7. The number of nitrogens with one attached hydrogen (secondary N) is 1. The van der Waals surface area contributed by atoms with Gasteiger partial charge in [0.1, 0.15) is 0 Å². The van der Waals surface area contributed by atoms with Gasteiger partial charge in [0.2, 0.25) is 5.95 Å². The fourth-order valence-corrected chi connectivity index (χ4v) is 2.74. The summed E-state index contributed by atoms with van der Waals surface area (Å²) in [5, 5.41) is 19.2. The Bertz CT molecular complexity index is 734. The highest BCUT2D eigenvalue weighted by molar-refractivity contribution is 5.70. The van der Waals surface area contributed by atoms with E-state index in [0.717, 1.165) is 0 Å². The monoisotopic (exact) mass is 277 g/mol. The molecule has 8 heteroatoms. The van der Waals surface area contributed by atoms with E-state index < -0.39 is 11.7 Å². The summed E-state index contributed by atoms with van der Waals surface area (Å²) in [5.41, 5.74) is 6.37. The van der Waals surface area contributed by atoms with Crippen molar-refractivity contribution in [1.82, 2.24) is 19.5 Å². The van der Waals surface area contributed by atoms with Crippen molar-refractivity contribution in [3.05, 3.63) is 28.8 Å². The van der Waals surface area contributed by atoms with Crippen LogP contribution < -0.4 is 11.3 Å². The smallest absolute Gasteiger partial charge is 0.280 e. The zero-order chi connectivity index (χ0) is 14.4. The molecule has 0 saturated heterocycles. The van der Waals surface area contributed by atoms with Crippen LogP contribution in [0.3, 0.4) is 0 Å². The molecule has 3 atom stereocenters. The lowest BCUT2D eigenvalue weighted by atomic mass is 10.0. The molecule has 0 spiro atoms. The number of nitrogens with zero attached hydrogens (tertiary/aromatic N) is 3. The molecule has 20 heavy (non-hydrogen) atoms. The lowest BCUT2D eigenvalue weighted by molar-refractivity contribution is 0.101. The number of nitrogens with two attached hydrogens (primary N) is 1. The Hall–Kier alpha value is -2.19. The predicted octanol–water partition coefficient (Wildman–Crippen LogP) is -0.828. The van der Waals surface area contributed by atoms with Crippen LogP contribution in [0, 0.1) is 5.92 Å². The van der Waals surface area contributed by atoms with Gasteiger partial charge in [-0.1, -0.05) is 6.58 Å². The third-order valence-corrected chi connectivity index (χ3v) is 3.82. The number of H-pyrrole nitrogens is 1. The number of aliphatic hydroxyl groups excluding tert-OH is 2. The zero-order valence-electron chi connectivity index (χ0n) is 10.7. The Morgan fingerprint density at radius 2 is 2.35 bits per heavy atom. The van der Waals surface area contributed by atoms with Gasteiger partial charge in [0, 0.05) is 5.92 Å². The highest BCUT2D eigenvalue weighted by Gasteiger charge is 2.37. The van der Waals surface area contributed by atoms with E-state index in [4.69, 9.17) is 5.73 Å². The van der Waals surface area contributed by atoms with E-state index in [1.165, 1.54) is 6.33 Å². The summed E-state index contributed by atoms with van der Waals surface area (Å²) in [7, 11) is 0. The highest BCUT2D eigenvalue weighted by Crippen LogP contribution is 2.39. The van der Waals surface area contributed by atoms with E-state index in [1.807, 2.05) is 0 Å². The van der Waals surface area contributed by atoms with Crippen LogP contribution in [0.2, 0.25) is 0 Å². The van der Waals surface area contributed by atoms with Crippen LogP contribution in [0.25, 0.3) is 11.2 Å². The molecular weight excluding hydrogens is 262 g/mol. The number of fused-ring (bicyclic) bond motifs is 1. The molecule has 8 nitrogen and oxygen atoms in total. The molecule has 0 radical (unpaired) electrons. The van der Waals surface area contributed by atoms with Crippen LogP contribution in [-0.4, -0.2) is 42.4 Å². The van der Waals surface area contributed by atoms with Crippen molar-refractivity contribution >= 4 is 17.1 Å². The summed E-state index contributed by atoms with van der Waals surface area (Å²) in [6.45, 7) is 3.76. The lowest BCUT2D eigenvalue weighted by Gasteiger charge is -2.15. The molecule has 106 valence electrons. The van der Waals surface area contributed by atoms with Crippen LogP contribution in [-0.2, 0) is 0 Å². The van der Waals surface area contributed by atoms with E-state index in [1.54, 1.807) is 4.57 Å². The lowest BCUT2D eigenvalue weighted by Crippen LogP contribution is -2.17. The number of hydrogen-bond donors (Lipinski definition) is 4. The molecule has 2 heterocycles. The normalized spacial score (nSPS) is 26.5. The van der Waals surface area contributed by atoms with Gasteiger partial charge in [0.25, 0.3) is 5.56 Å². The number of aliphatic hydroxyl groups is 2. The quantitative estimate of drug-likeness (QED) is 0.530. The largest absolute Gasteiger partial charge is 0.396 e. The summed E-state index contributed by atoms with van der Waals surface area (Å²) in [4.78, 5) is 22.2. The van der Waals surface area contributed by atoms with E-state index >= 15 is 0 Å². The predicted molar refractivity (Wildman–Crippen MR) is 71.9 cm³/mol. The topological polar surface area (TPSA) is 130 Å². The number of anilines is 1. The molecule has 0 aliphatic heterocycles. The van der Waals surface area contributed by atoms with Crippen molar-refractivity contribution in [2.24, 2.45) is 5.92 Å². The maximum Gasteiger partial charge on any atom is 0.280 e. The molecular formula is C12H15N5O3. The average Bonchev–Trinajstić information content (AvgIpc) is 2.91. The minimum absolute atomic E-state index is 0.00659. The van der Waals surface area contributed by atoms with E-state index in [9.17, 15) is 15.0 Å². The summed E-state index contributed by atoms with van der Waals surface area (Å²) in [6.07, 6.45) is 1.20. The van der Waals surface area contributed by atoms with Gasteiger partial charge in [-0.15, -0.1) is 0 Å². The fraction of sp³-hybridized carbons (Fsp3) is 0.417. The van der Waals surface area contributed by atoms with Crippen LogP contribution in [0.1, 0.15) is 12.5 Å². The van der Waals surface area contributed by atoms with Crippen molar-refractivity contribution < 1.29 is 10.2 Å². The molecule has 0 bridgehead atoms. The first kappa shape index (κ1) is 12.8. The number of nitrogen functional groups attached to an aromatic ring is 1. The number of rotatable bonds is 2. The van der Waals surface area contributed by atoms with Gasteiger partial charge < -0.3 is 20.5 Å². The molecule has 1 aliphatic rings. The molecule has 0 unspecified atom stereocenters. The Morgan fingerprint density at radius 3 is 3.00 bits per heavy atom. The van der Waals surface area contributed by atoms with Crippen molar-refractivity contribution in [1.29, 1.82) is 0 Å². The summed E-state index contributed by atoms with van der Waals surface area (Å²) < 4.78 is 1.67. The standard InChI is InChI=1S/C12H15N5O3/c1-5-6(3-18)8(19)2-7(5)17-4-14-9-10(17)15-12(13)16-11(9)20/h4,6-8,18-19H,1-3H2,(H3,13,15,16,20)/t6-,7+,8-/m1/s1. The molecule has 3 rings (SSSR count). The van der Waals surface area contributed by atoms with Gasteiger partial charge in [0.15, 0.2) is 11.2 Å². The van der Waals surface area contributed by atoms with Gasteiger partial charge in [-0.05, 0) is 12.0 Å². The van der Waals surface area contributed by atoms with Crippen molar-refractivity contribution in [3.8, 4) is 0 Å². The van der Waals surface area contributed by atoms with E-state index in [-0.39, 0.29) is 30.0 Å². The van der Waals surface area contributed by atoms with Crippen molar-refractivity contribution in [3.63, 3.8) is 0 Å². The average molecular weight is 277 g/mol. The molecule has 1 saturated carbocycles. The van der Waals surface area contributed by atoms with Gasteiger partial charge >= 0.3 is 0 Å². The second kappa shape index (κ2) is 4.43. The van der Waals surface area contributed by atoms with Gasteiger partial charge in [-0.3, -0.25) is 9.78 Å². The van der Waals surface area contributed by atoms with Crippen molar-refractivity contribution in [2.75, 3.05) is 12.3 Å². The van der Waals surface area contributed by atoms with Gasteiger partial charge in [-0.25, -0.2) is 4.98 Å². The second-order valence-electron chi connectivity index (χ2n) is 4.96. The number of aromatic nitrogens is 4. The summed E-state index contributed by atoms with van der Waals surface area (Å²) in [5.74, 6) is -0.371. The molecule has 1 fully saturated rings. The van der Waals surface area contributed by atoms with Crippen LogP contribution in [0.15, 0.2) is 23.3 Å². The molecule has 2 aromatic heterocycles. The number of imidazole rings is 1. The number of aromatic amines is 1. The first-order chi connectivity index (χ1) is 9.52. The maximum absolute atomic E-state index is 11.7. The third kappa shape index (κ3) is 1.73. The second-order valence-corrected chi connectivity index (χ2v) is 4.96.